The molecule has 1 aromatic carbocycles. The van der Waals surface area contributed by atoms with Crippen LogP contribution in [0.4, 0.5) is 4.39 Å². The molecule has 1 atom stereocenters. The topological polar surface area (TPSA) is 21.3 Å². The molecule has 4 heteroatoms. The summed E-state index contributed by atoms with van der Waals surface area (Å²) in [7, 11) is 1.47. The molecule has 0 fully saturated rings. The van der Waals surface area contributed by atoms with Crippen molar-refractivity contribution in [2.45, 2.75) is 25.9 Å². The first-order chi connectivity index (χ1) is 9.19. The Labute approximate surface area is 117 Å². The fourth-order valence-electron chi connectivity index (χ4n) is 1.91. The molecule has 2 rings (SSSR count). The number of benzene rings is 1. The van der Waals surface area contributed by atoms with Crippen molar-refractivity contribution in [2.24, 2.45) is 0 Å². The van der Waals surface area contributed by atoms with Crippen LogP contribution in [0.2, 0.25) is 0 Å². The van der Waals surface area contributed by atoms with Gasteiger partial charge in [-0.1, -0.05) is 12.1 Å². The Morgan fingerprint density at radius 3 is 2.84 bits per heavy atom. The van der Waals surface area contributed by atoms with E-state index in [0.717, 1.165) is 12.0 Å². The summed E-state index contributed by atoms with van der Waals surface area (Å²) in [5, 5.41) is 5.49. The third-order valence-electron chi connectivity index (χ3n) is 2.96. The minimum atomic E-state index is -0.312. The van der Waals surface area contributed by atoms with Crippen molar-refractivity contribution in [3.8, 4) is 5.75 Å². The molecular weight excluding hydrogens is 261 g/mol. The van der Waals surface area contributed by atoms with Gasteiger partial charge in [-0.15, -0.1) is 11.3 Å². The third-order valence-corrected chi connectivity index (χ3v) is 3.86. The second kappa shape index (κ2) is 6.68. The largest absolute Gasteiger partial charge is 0.494 e. The van der Waals surface area contributed by atoms with Crippen molar-refractivity contribution in [3.63, 3.8) is 0 Å². The lowest BCUT2D eigenvalue weighted by Crippen LogP contribution is -2.27. The smallest absolute Gasteiger partial charge is 0.165 e. The van der Waals surface area contributed by atoms with Gasteiger partial charge in [0, 0.05) is 17.5 Å². The maximum absolute atomic E-state index is 13.5. The number of hydrogen-bond acceptors (Lipinski definition) is 3. The molecule has 0 aliphatic carbocycles. The number of thiophene rings is 1. The Balaban J connectivity index is 1.86. The van der Waals surface area contributed by atoms with Gasteiger partial charge in [0.25, 0.3) is 0 Å². The fourth-order valence-corrected chi connectivity index (χ4v) is 2.75. The number of rotatable bonds is 6. The van der Waals surface area contributed by atoms with Crippen LogP contribution in [-0.4, -0.2) is 13.2 Å². The molecule has 1 N–H and O–H groups in total. The zero-order valence-corrected chi connectivity index (χ0v) is 12.0. The van der Waals surface area contributed by atoms with E-state index in [-0.39, 0.29) is 11.6 Å². The summed E-state index contributed by atoms with van der Waals surface area (Å²) < 4.78 is 18.4. The normalized spacial score (nSPS) is 12.4. The molecule has 1 aromatic heterocycles. The first kappa shape index (κ1) is 14.0. The average Bonchev–Trinajstić information content (AvgIpc) is 2.89. The SMILES string of the molecule is COc1ccc(CNC(C)Cc2cccs2)cc1F. The Morgan fingerprint density at radius 1 is 1.37 bits per heavy atom. The standard InChI is InChI=1S/C15H18FNOS/c1-11(8-13-4-3-7-19-13)17-10-12-5-6-15(18-2)14(16)9-12/h3-7,9,11,17H,8,10H2,1-2H3. The molecule has 0 saturated carbocycles. The van der Waals surface area contributed by atoms with E-state index in [2.05, 4.69) is 29.8 Å². The maximum atomic E-state index is 13.5. The molecule has 102 valence electrons. The minimum absolute atomic E-state index is 0.287. The Hall–Kier alpha value is -1.39. The zero-order valence-electron chi connectivity index (χ0n) is 11.2. The number of hydrogen-bond donors (Lipinski definition) is 1. The first-order valence-electron chi connectivity index (χ1n) is 6.27. The van der Waals surface area contributed by atoms with Gasteiger partial charge in [0.2, 0.25) is 0 Å². The summed E-state index contributed by atoms with van der Waals surface area (Å²) in [6, 6.07) is 9.62. The molecule has 2 aromatic rings. The van der Waals surface area contributed by atoms with E-state index in [4.69, 9.17) is 4.74 Å². The van der Waals surface area contributed by atoms with E-state index in [9.17, 15) is 4.39 Å². The molecule has 1 unspecified atom stereocenters. The van der Waals surface area contributed by atoms with E-state index in [0.29, 0.717) is 12.6 Å². The second-order valence-corrected chi connectivity index (χ2v) is 5.57. The third kappa shape index (κ3) is 4.04. The molecule has 0 saturated heterocycles. The van der Waals surface area contributed by atoms with Gasteiger partial charge in [-0.25, -0.2) is 4.39 Å². The number of methoxy groups -OCH3 is 1. The summed E-state index contributed by atoms with van der Waals surface area (Å²) in [5.74, 6) is -0.0249. The Kier molecular flexibility index (Phi) is 4.93. The first-order valence-corrected chi connectivity index (χ1v) is 7.15. The highest BCUT2D eigenvalue weighted by Crippen LogP contribution is 2.18. The summed E-state index contributed by atoms with van der Waals surface area (Å²) in [6.07, 6.45) is 0.996. The van der Waals surface area contributed by atoms with Crippen LogP contribution in [0.15, 0.2) is 35.7 Å². The lowest BCUT2D eigenvalue weighted by atomic mass is 10.1. The Bertz CT molecular complexity index is 513. The monoisotopic (exact) mass is 279 g/mol. The van der Waals surface area contributed by atoms with Crippen molar-refractivity contribution in [1.29, 1.82) is 0 Å². The van der Waals surface area contributed by atoms with Gasteiger partial charge in [0.15, 0.2) is 11.6 Å². The average molecular weight is 279 g/mol. The number of ether oxygens (including phenoxy) is 1. The van der Waals surface area contributed by atoms with Crippen LogP contribution in [0.25, 0.3) is 0 Å². The van der Waals surface area contributed by atoms with Crippen LogP contribution < -0.4 is 10.1 Å². The maximum Gasteiger partial charge on any atom is 0.165 e. The van der Waals surface area contributed by atoms with E-state index in [1.165, 1.54) is 18.1 Å². The molecule has 1 heterocycles. The van der Waals surface area contributed by atoms with Gasteiger partial charge in [-0.05, 0) is 42.5 Å². The second-order valence-electron chi connectivity index (χ2n) is 4.53. The van der Waals surface area contributed by atoms with Crippen LogP contribution in [0.3, 0.4) is 0 Å². The quantitative estimate of drug-likeness (QED) is 0.872. The van der Waals surface area contributed by atoms with E-state index in [1.54, 1.807) is 17.4 Å². The Morgan fingerprint density at radius 2 is 2.21 bits per heavy atom. The van der Waals surface area contributed by atoms with Crippen molar-refractivity contribution in [3.05, 3.63) is 52.0 Å². The van der Waals surface area contributed by atoms with Crippen LogP contribution in [0.1, 0.15) is 17.4 Å². The summed E-state index contributed by atoms with van der Waals surface area (Å²) in [4.78, 5) is 1.36. The van der Waals surface area contributed by atoms with Gasteiger partial charge >= 0.3 is 0 Å². The predicted octanol–water partition coefficient (Wildman–Crippen LogP) is 3.62. The molecule has 2 nitrogen and oxygen atoms in total. The van der Waals surface area contributed by atoms with E-state index >= 15 is 0 Å². The highest BCUT2D eigenvalue weighted by Gasteiger charge is 2.06. The van der Waals surface area contributed by atoms with Gasteiger partial charge < -0.3 is 10.1 Å². The summed E-state index contributed by atoms with van der Waals surface area (Å²) in [6.45, 7) is 2.80. The fraction of sp³-hybridized carbons (Fsp3) is 0.333. The summed E-state index contributed by atoms with van der Waals surface area (Å²) in [5.41, 5.74) is 0.927. The van der Waals surface area contributed by atoms with E-state index in [1.807, 2.05) is 6.07 Å². The summed E-state index contributed by atoms with van der Waals surface area (Å²) >= 11 is 1.76. The lowest BCUT2D eigenvalue weighted by Gasteiger charge is -2.13. The predicted molar refractivity (Wildman–Crippen MR) is 77.3 cm³/mol. The molecule has 0 aliphatic rings. The highest BCUT2D eigenvalue weighted by molar-refractivity contribution is 7.09. The lowest BCUT2D eigenvalue weighted by molar-refractivity contribution is 0.386. The van der Waals surface area contributed by atoms with Gasteiger partial charge in [0.05, 0.1) is 7.11 Å². The van der Waals surface area contributed by atoms with Gasteiger partial charge in [-0.2, -0.15) is 0 Å². The zero-order chi connectivity index (χ0) is 13.7. The molecule has 0 amide bonds. The van der Waals surface area contributed by atoms with E-state index < -0.39 is 0 Å². The van der Waals surface area contributed by atoms with Crippen molar-refractivity contribution >= 4 is 11.3 Å². The van der Waals surface area contributed by atoms with Crippen molar-refractivity contribution in [1.82, 2.24) is 5.32 Å². The van der Waals surface area contributed by atoms with Crippen molar-refractivity contribution < 1.29 is 9.13 Å². The molecule has 19 heavy (non-hydrogen) atoms. The van der Waals surface area contributed by atoms with Crippen LogP contribution >= 0.6 is 11.3 Å². The number of nitrogens with one attached hydrogen (secondary N) is 1. The van der Waals surface area contributed by atoms with Crippen LogP contribution in [0.5, 0.6) is 5.75 Å². The molecular formula is C15H18FNOS. The van der Waals surface area contributed by atoms with Gasteiger partial charge in [0.1, 0.15) is 0 Å². The van der Waals surface area contributed by atoms with Crippen molar-refractivity contribution in [2.75, 3.05) is 7.11 Å². The molecule has 0 spiro atoms. The molecule has 0 aliphatic heterocycles. The molecule has 0 bridgehead atoms. The van der Waals surface area contributed by atoms with Gasteiger partial charge in [-0.3, -0.25) is 0 Å². The van der Waals surface area contributed by atoms with Crippen LogP contribution in [-0.2, 0) is 13.0 Å². The minimum Gasteiger partial charge on any atom is -0.494 e. The number of halogens is 1. The molecule has 0 radical (unpaired) electrons. The highest BCUT2D eigenvalue weighted by atomic mass is 32.1. The van der Waals surface area contributed by atoms with Crippen LogP contribution in [0, 0.1) is 5.82 Å².